The number of benzene rings is 2. The van der Waals surface area contributed by atoms with Crippen molar-refractivity contribution < 1.29 is 22.7 Å². The first-order valence-corrected chi connectivity index (χ1v) is 11.5. The molecule has 1 saturated heterocycles. The van der Waals surface area contributed by atoms with Crippen LogP contribution in [0.15, 0.2) is 53.4 Å². The molecule has 2 N–H and O–H groups in total. The van der Waals surface area contributed by atoms with Crippen molar-refractivity contribution in [3.05, 3.63) is 54.1 Å². The number of nitrogens with zero attached hydrogens (tertiary/aromatic N) is 1. The Hall–Kier alpha value is -2.91. The van der Waals surface area contributed by atoms with E-state index in [2.05, 4.69) is 10.6 Å². The van der Waals surface area contributed by atoms with E-state index < -0.39 is 15.9 Å². The Morgan fingerprint density at radius 1 is 1.16 bits per heavy atom. The average Bonchev–Trinajstić information content (AvgIpc) is 2.77. The highest BCUT2D eigenvalue weighted by Crippen LogP contribution is 2.25. The molecule has 1 aliphatic rings. The second kappa shape index (κ2) is 9.93. The lowest BCUT2D eigenvalue weighted by Crippen LogP contribution is -2.45. The third-order valence-electron chi connectivity index (χ3n) is 5.17. The second-order valence-corrected chi connectivity index (χ2v) is 9.42. The summed E-state index contributed by atoms with van der Waals surface area (Å²) in [5.41, 5.74) is 1.44. The Morgan fingerprint density at radius 2 is 1.90 bits per heavy atom. The first kappa shape index (κ1) is 22.8. The number of anilines is 1. The van der Waals surface area contributed by atoms with Gasteiger partial charge in [-0.15, -0.1) is 0 Å². The molecule has 166 valence electrons. The molecule has 3 rings (SSSR count). The highest BCUT2D eigenvalue weighted by molar-refractivity contribution is 7.89. The molecule has 2 aromatic carbocycles. The first-order chi connectivity index (χ1) is 14.8. The summed E-state index contributed by atoms with van der Waals surface area (Å²) in [4.78, 5) is 24.0. The zero-order chi connectivity index (χ0) is 22.4. The van der Waals surface area contributed by atoms with E-state index in [1.807, 2.05) is 24.3 Å². The van der Waals surface area contributed by atoms with Gasteiger partial charge in [0.25, 0.3) is 0 Å². The summed E-state index contributed by atoms with van der Waals surface area (Å²) < 4.78 is 32.6. The average molecular weight is 446 g/mol. The summed E-state index contributed by atoms with van der Waals surface area (Å²) >= 11 is 0. The third kappa shape index (κ3) is 5.83. The Morgan fingerprint density at radius 3 is 2.58 bits per heavy atom. The summed E-state index contributed by atoms with van der Waals surface area (Å²) in [6.45, 7) is 2.25. The van der Waals surface area contributed by atoms with Crippen LogP contribution in [0.1, 0.15) is 25.3 Å². The summed E-state index contributed by atoms with van der Waals surface area (Å²) in [7, 11) is -2.14. The fourth-order valence-electron chi connectivity index (χ4n) is 3.55. The van der Waals surface area contributed by atoms with Crippen molar-refractivity contribution in [2.75, 3.05) is 25.5 Å². The van der Waals surface area contributed by atoms with Crippen LogP contribution >= 0.6 is 0 Å². The van der Waals surface area contributed by atoms with Crippen molar-refractivity contribution >= 4 is 27.5 Å². The topological polar surface area (TPSA) is 105 Å². The molecule has 1 fully saturated rings. The lowest BCUT2D eigenvalue weighted by molar-refractivity contribution is -0.126. The van der Waals surface area contributed by atoms with Gasteiger partial charge < -0.3 is 15.4 Å². The molecule has 9 heteroatoms. The van der Waals surface area contributed by atoms with E-state index in [4.69, 9.17) is 4.74 Å². The SMILES string of the molecule is COc1cccc(CNC(=O)[C@H]2CCCN(S(=O)(=O)c3ccc(NC(C)=O)cc3)C2)c1. The zero-order valence-corrected chi connectivity index (χ0v) is 18.4. The Kier molecular flexibility index (Phi) is 7.29. The van der Waals surface area contributed by atoms with Gasteiger partial charge in [0.05, 0.1) is 17.9 Å². The van der Waals surface area contributed by atoms with Crippen LogP contribution in [0.5, 0.6) is 5.75 Å². The molecule has 31 heavy (non-hydrogen) atoms. The Bertz CT molecular complexity index is 1040. The minimum absolute atomic E-state index is 0.138. The van der Waals surface area contributed by atoms with E-state index in [1.54, 1.807) is 19.2 Å². The van der Waals surface area contributed by atoms with Crippen molar-refractivity contribution in [2.45, 2.75) is 31.2 Å². The van der Waals surface area contributed by atoms with Gasteiger partial charge in [0.15, 0.2) is 0 Å². The van der Waals surface area contributed by atoms with E-state index in [1.165, 1.54) is 23.4 Å². The molecule has 2 amide bonds. The molecule has 1 atom stereocenters. The molecule has 0 aliphatic carbocycles. The van der Waals surface area contributed by atoms with Crippen molar-refractivity contribution in [2.24, 2.45) is 5.92 Å². The van der Waals surface area contributed by atoms with Gasteiger partial charge in [-0.05, 0) is 54.8 Å². The van der Waals surface area contributed by atoms with Crippen LogP contribution in [0.4, 0.5) is 5.69 Å². The molecule has 1 aliphatic heterocycles. The number of methoxy groups -OCH3 is 1. The molecule has 1 heterocycles. The molecule has 0 unspecified atom stereocenters. The fourth-order valence-corrected chi connectivity index (χ4v) is 5.08. The number of amides is 2. The van der Waals surface area contributed by atoms with E-state index in [9.17, 15) is 18.0 Å². The third-order valence-corrected chi connectivity index (χ3v) is 7.05. The van der Waals surface area contributed by atoms with Crippen molar-refractivity contribution in [1.82, 2.24) is 9.62 Å². The van der Waals surface area contributed by atoms with Gasteiger partial charge in [-0.3, -0.25) is 9.59 Å². The van der Waals surface area contributed by atoms with Gasteiger partial charge in [-0.1, -0.05) is 12.1 Å². The smallest absolute Gasteiger partial charge is 0.243 e. The van der Waals surface area contributed by atoms with E-state index in [0.717, 1.165) is 5.56 Å². The number of carbonyl (C=O) groups is 2. The minimum Gasteiger partial charge on any atom is -0.497 e. The van der Waals surface area contributed by atoms with E-state index in [0.29, 0.717) is 37.4 Å². The molecule has 0 saturated carbocycles. The highest BCUT2D eigenvalue weighted by atomic mass is 32.2. The van der Waals surface area contributed by atoms with Gasteiger partial charge in [0, 0.05) is 32.2 Å². The van der Waals surface area contributed by atoms with Crippen LogP contribution in [0, 0.1) is 5.92 Å². The summed E-state index contributed by atoms with van der Waals surface area (Å²) in [5, 5.41) is 5.51. The van der Waals surface area contributed by atoms with Crippen molar-refractivity contribution in [3.63, 3.8) is 0 Å². The number of rotatable bonds is 7. The monoisotopic (exact) mass is 445 g/mol. The molecule has 0 spiro atoms. The number of hydrogen-bond donors (Lipinski definition) is 2. The second-order valence-electron chi connectivity index (χ2n) is 7.48. The molecular weight excluding hydrogens is 418 g/mol. The molecular formula is C22H27N3O5S. The highest BCUT2D eigenvalue weighted by Gasteiger charge is 2.33. The number of nitrogens with one attached hydrogen (secondary N) is 2. The standard InChI is InChI=1S/C22H27N3O5S/c1-16(26)24-19-8-10-21(11-9-19)31(28,29)25-12-4-6-18(15-25)22(27)23-14-17-5-3-7-20(13-17)30-2/h3,5,7-11,13,18H,4,6,12,14-15H2,1-2H3,(H,23,27)(H,24,26)/t18-/m0/s1. The number of piperidine rings is 1. The summed E-state index contributed by atoms with van der Waals surface area (Å²) in [6.07, 6.45) is 1.25. The van der Waals surface area contributed by atoms with E-state index in [-0.39, 0.29) is 23.3 Å². The molecule has 2 aromatic rings. The maximum absolute atomic E-state index is 13.0. The number of ether oxygens (including phenoxy) is 1. The van der Waals surface area contributed by atoms with Crippen LogP contribution in [0.3, 0.4) is 0 Å². The fraction of sp³-hybridized carbons (Fsp3) is 0.364. The zero-order valence-electron chi connectivity index (χ0n) is 17.6. The van der Waals surface area contributed by atoms with Gasteiger partial charge in [0.2, 0.25) is 21.8 Å². The van der Waals surface area contributed by atoms with Crippen LogP contribution in [-0.4, -0.2) is 44.7 Å². The predicted molar refractivity (Wildman–Crippen MR) is 117 cm³/mol. The largest absolute Gasteiger partial charge is 0.497 e. The van der Waals surface area contributed by atoms with Gasteiger partial charge in [-0.2, -0.15) is 4.31 Å². The van der Waals surface area contributed by atoms with Crippen LogP contribution in [-0.2, 0) is 26.2 Å². The van der Waals surface area contributed by atoms with Crippen molar-refractivity contribution in [1.29, 1.82) is 0 Å². The van der Waals surface area contributed by atoms with E-state index >= 15 is 0 Å². The molecule has 0 radical (unpaired) electrons. The maximum Gasteiger partial charge on any atom is 0.243 e. The predicted octanol–water partition coefficient (Wildman–Crippen LogP) is 2.37. The lowest BCUT2D eigenvalue weighted by atomic mass is 9.99. The molecule has 0 bridgehead atoms. The van der Waals surface area contributed by atoms with Gasteiger partial charge in [-0.25, -0.2) is 8.42 Å². The van der Waals surface area contributed by atoms with Gasteiger partial charge >= 0.3 is 0 Å². The summed E-state index contributed by atoms with van der Waals surface area (Å²) in [5.74, 6) is -0.0860. The Labute approximate surface area is 182 Å². The van der Waals surface area contributed by atoms with Crippen LogP contribution < -0.4 is 15.4 Å². The lowest BCUT2D eigenvalue weighted by Gasteiger charge is -2.31. The molecule has 0 aromatic heterocycles. The summed E-state index contributed by atoms with van der Waals surface area (Å²) in [6, 6.07) is 13.5. The van der Waals surface area contributed by atoms with Crippen molar-refractivity contribution in [3.8, 4) is 5.75 Å². The normalized spacial score (nSPS) is 17.0. The maximum atomic E-state index is 13.0. The Balaban J connectivity index is 1.63. The number of hydrogen-bond acceptors (Lipinski definition) is 5. The minimum atomic E-state index is -3.73. The number of carbonyl (C=O) groups excluding carboxylic acids is 2. The molecule has 8 nitrogen and oxygen atoms in total. The van der Waals surface area contributed by atoms with Crippen LogP contribution in [0.2, 0.25) is 0 Å². The first-order valence-electron chi connectivity index (χ1n) is 10.1. The number of sulfonamides is 1. The quantitative estimate of drug-likeness (QED) is 0.681. The van der Waals surface area contributed by atoms with Crippen LogP contribution in [0.25, 0.3) is 0 Å². The van der Waals surface area contributed by atoms with Gasteiger partial charge in [0.1, 0.15) is 5.75 Å².